The van der Waals surface area contributed by atoms with Crippen molar-refractivity contribution in [2.75, 3.05) is 5.32 Å². The highest BCUT2D eigenvalue weighted by molar-refractivity contribution is 6.03. The first-order valence-corrected chi connectivity index (χ1v) is 8.93. The van der Waals surface area contributed by atoms with Crippen molar-refractivity contribution >= 4 is 17.2 Å². The lowest BCUT2D eigenvalue weighted by Gasteiger charge is -2.11. The van der Waals surface area contributed by atoms with E-state index in [0.717, 1.165) is 30.3 Å². The van der Waals surface area contributed by atoms with Crippen LogP contribution < -0.4 is 5.32 Å². The smallest absolute Gasteiger partial charge is 0.318 e. The minimum atomic E-state index is -4.81. The van der Waals surface area contributed by atoms with E-state index >= 15 is 0 Å². The van der Waals surface area contributed by atoms with Gasteiger partial charge in [0.25, 0.3) is 5.91 Å². The summed E-state index contributed by atoms with van der Waals surface area (Å²) < 4.78 is 68.5. The molecule has 0 bridgehead atoms. The number of rotatable bonds is 3. The van der Waals surface area contributed by atoms with Gasteiger partial charge in [0.05, 0.1) is 11.4 Å². The van der Waals surface area contributed by atoms with Gasteiger partial charge in [0, 0.05) is 11.6 Å². The number of nitrogens with one attached hydrogen (secondary N) is 1. The summed E-state index contributed by atoms with van der Waals surface area (Å²) in [5, 5.41) is 6.01. The van der Waals surface area contributed by atoms with Crippen LogP contribution in [-0.2, 0) is 6.18 Å². The van der Waals surface area contributed by atoms with E-state index in [-0.39, 0.29) is 28.3 Å². The molecule has 0 aliphatic carbocycles. The van der Waals surface area contributed by atoms with Gasteiger partial charge in [-0.3, -0.25) is 4.79 Å². The third-order valence-electron chi connectivity index (χ3n) is 4.46. The summed E-state index contributed by atoms with van der Waals surface area (Å²) in [6, 6.07) is 10.6. The van der Waals surface area contributed by atoms with Crippen LogP contribution in [0.5, 0.6) is 0 Å². The number of fused-ring (bicyclic) bond motifs is 1. The van der Waals surface area contributed by atoms with Crippen molar-refractivity contribution in [2.24, 2.45) is 0 Å². The molecule has 0 unspecified atom stereocenters. The quantitative estimate of drug-likeness (QED) is 0.450. The second kappa shape index (κ2) is 7.46. The van der Waals surface area contributed by atoms with Gasteiger partial charge >= 0.3 is 6.18 Å². The van der Waals surface area contributed by atoms with Gasteiger partial charge in [-0.05, 0) is 55.0 Å². The molecule has 1 N–H and O–H groups in total. The average molecular weight is 432 g/mol. The maximum absolute atomic E-state index is 13.9. The number of carbonyl (C=O) groups excluding carboxylic acids is 1. The monoisotopic (exact) mass is 432 g/mol. The first-order chi connectivity index (χ1) is 14.6. The van der Waals surface area contributed by atoms with Gasteiger partial charge in [-0.2, -0.15) is 18.3 Å². The molecule has 2 aromatic carbocycles. The first kappa shape index (κ1) is 20.5. The van der Waals surface area contributed by atoms with E-state index in [2.05, 4.69) is 15.4 Å². The molecule has 1 amide bonds. The highest BCUT2D eigenvalue weighted by atomic mass is 19.4. The molecule has 0 aliphatic rings. The Kier molecular flexibility index (Phi) is 4.92. The SMILES string of the molecule is Cc1ccc(F)c(NC(=O)c2cc3nc(-c4ccc(F)cc4)cc(C(F)(F)F)n3n2)c1. The summed E-state index contributed by atoms with van der Waals surface area (Å²) >= 11 is 0. The number of amides is 1. The molecule has 4 aromatic rings. The molecule has 10 heteroatoms. The molecule has 31 heavy (non-hydrogen) atoms. The van der Waals surface area contributed by atoms with Gasteiger partial charge < -0.3 is 5.32 Å². The van der Waals surface area contributed by atoms with Crippen molar-refractivity contribution in [3.63, 3.8) is 0 Å². The molecule has 0 aliphatic heterocycles. The summed E-state index contributed by atoms with van der Waals surface area (Å²) in [4.78, 5) is 16.6. The average Bonchev–Trinajstić information content (AvgIpc) is 3.14. The zero-order chi connectivity index (χ0) is 22.3. The highest BCUT2D eigenvalue weighted by Crippen LogP contribution is 2.32. The predicted octanol–water partition coefficient (Wildman–Crippen LogP) is 5.25. The predicted molar refractivity (Wildman–Crippen MR) is 102 cm³/mol. The minimum absolute atomic E-state index is 0.0728. The van der Waals surface area contributed by atoms with E-state index in [9.17, 15) is 26.7 Å². The lowest BCUT2D eigenvalue weighted by Crippen LogP contribution is -2.16. The van der Waals surface area contributed by atoms with Crippen LogP contribution in [0.1, 0.15) is 21.7 Å². The van der Waals surface area contributed by atoms with E-state index in [4.69, 9.17) is 0 Å². The van der Waals surface area contributed by atoms with Crippen LogP contribution in [0.25, 0.3) is 16.9 Å². The van der Waals surface area contributed by atoms with E-state index < -0.39 is 29.4 Å². The number of anilines is 1. The normalized spacial score (nSPS) is 11.7. The maximum Gasteiger partial charge on any atom is 0.433 e. The van der Waals surface area contributed by atoms with Crippen molar-refractivity contribution in [2.45, 2.75) is 13.1 Å². The van der Waals surface area contributed by atoms with Crippen LogP contribution in [0.4, 0.5) is 27.6 Å². The van der Waals surface area contributed by atoms with E-state index in [0.29, 0.717) is 10.1 Å². The molecule has 4 rings (SSSR count). The van der Waals surface area contributed by atoms with Gasteiger partial charge in [0.15, 0.2) is 17.0 Å². The second-order valence-corrected chi connectivity index (χ2v) is 6.77. The largest absolute Gasteiger partial charge is 0.433 e. The Labute approximate surface area is 172 Å². The fourth-order valence-electron chi connectivity index (χ4n) is 2.98. The molecule has 5 nitrogen and oxygen atoms in total. The van der Waals surface area contributed by atoms with Crippen LogP contribution >= 0.6 is 0 Å². The number of benzene rings is 2. The Bertz CT molecular complexity index is 1300. The third kappa shape index (κ3) is 4.09. The van der Waals surface area contributed by atoms with Crippen LogP contribution in [-0.4, -0.2) is 20.5 Å². The fourth-order valence-corrected chi connectivity index (χ4v) is 2.98. The summed E-state index contributed by atoms with van der Waals surface area (Å²) in [5.74, 6) is -2.14. The minimum Gasteiger partial charge on any atom is -0.318 e. The van der Waals surface area contributed by atoms with Gasteiger partial charge in [-0.25, -0.2) is 18.3 Å². The van der Waals surface area contributed by atoms with E-state index in [1.807, 2.05) is 0 Å². The number of nitrogens with zero attached hydrogens (tertiary/aromatic N) is 3. The van der Waals surface area contributed by atoms with Gasteiger partial charge in [0.2, 0.25) is 0 Å². The number of halogens is 5. The molecule has 158 valence electrons. The van der Waals surface area contributed by atoms with Crippen LogP contribution in [0.15, 0.2) is 54.6 Å². The van der Waals surface area contributed by atoms with Crippen molar-refractivity contribution in [1.82, 2.24) is 14.6 Å². The number of hydrogen-bond donors (Lipinski definition) is 1. The number of hydrogen-bond acceptors (Lipinski definition) is 3. The standard InChI is InChI=1S/C21H13F5N4O/c1-11-2-7-14(23)16(8-11)28-20(31)17-10-19-27-15(12-3-5-13(22)6-4-12)9-18(21(24,25)26)30(19)29-17/h2-10H,1H3,(H,28,31). The molecule has 0 saturated heterocycles. The number of carbonyl (C=O) groups is 1. The molecule has 2 aromatic heterocycles. The van der Waals surface area contributed by atoms with E-state index in [1.165, 1.54) is 24.3 Å². The van der Waals surface area contributed by atoms with Gasteiger partial charge in [-0.1, -0.05) is 6.07 Å². The topological polar surface area (TPSA) is 59.3 Å². The maximum atomic E-state index is 13.9. The molecule has 0 fully saturated rings. The van der Waals surface area contributed by atoms with Crippen molar-refractivity contribution < 1.29 is 26.7 Å². The molecular weight excluding hydrogens is 419 g/mol. The first-order valence-electron chi connectivity index (χ1n) is 8.93. The summed E-state index contributed by atoms with van der Waals surface area (Å²) in [5.41, 5.74) is -1.06. The van der Waals surface area contributed by atoms with Gasteiger partial charge in [-0.15, -0.1) is 0 Å². The Balaban J connectivity index is 1.79. The summed E-state index contributed by atoms with van der Waals surface area (Å²) in [7, 11) is 0. The summed E-state index contributed by atoms with van der Waals surface area (Å²) in [6.07, 6.45) is -4.81. The molecule has 2 heterocycles. The highest BCUT2D eigenvalue weighted by Gasteiger charge is 2.35. The zero-order valence-electron chi connectivity index (χ0n) is 15.8. The Hall–Kier alpha value is -3.82. The van der Waals surface area contributed by atoms with Crippen molar-refractivity contribution in [3.8, 4) is 11.3 Å². The third-order valence-corrected chi connectivity index (χ3v) is 4.46. The lowest BCUT2D eigenvalue weighted by molar-refractivity contribution is -0.142. The van der Waals surface area contributed by atoms with Crippen molar-refractivity contribution in [1.29, 1.82) is 0 Å². The fraction of sp³-hybridized carbons (Fsp3) is 0.0952. The molecule has 0 radical (unpaired) electrons. The Morgan fingerprint density at radius 1 is 1.00 bits per heavy atom. The van der Waals surface area contributed by atoms with Crippen LogP contribution in [0, 0.1) is 18.6 Å². The number of aromatic nitrogens is 3. The van der Waals surface area contributed by atoms with Gasteiger partial charge in [0.1, 0.15) is 11.6 Å². The zero-order valence-corrected chi connectivity index (χ0v) is 15.8. The summed E-state index contributed by atoms with van der Waals surface area (Å²) in [6.45, 7) is 1.69. The second-order valence-electron chi connectivity index (χ2n) is 6.77. The Morgan fingerprint density at radius 3 is 2.39 bits per heavy atom. The number of alkyl halides is 3. The lowest BCUT2D eigenvalue weighted by atomic mass is 10.1. The molecule has 0 atom stereocenters. The Morgan fingerprint density at radius 2 is 1.71 bits per heavy atom. The molecular formula is C21H13F5N4O. The number of aryl methyl sites for hydroxylation is 1. The molecule has 0 spiro atoms. The van der Waals surface area contributed by atoms with Crippen LogP contribution in [0.3, 0.4) is 0 Å². The van der Waals surface area contributed by atoms with Crippen LogP contribution in [0.2, 0.25) is 0 Å². The van der Waals surface area contributed by atoms with E-state index in [1.54, 1.807) is 6.92 Å². The van der Waals surface area contributed by atoms with Crippen molar-refractivity contribution in [3.05, 3.63) is 83.2 Å². The molecule has 0 saturated carbocycles.